The number of rotatable bonds is 5. The molecule has 0 aliphatic carbocycles. The minimum Gasteiger partial charge on any atom is -0.475 e. The van der Waals surface area contributed by atoms with Gasteiger partial charge in [-0.05, 0) is 50.3 Å². The highest BCUT2D eigenvalue weighted by Crippen LogP contribution is 2.35. The average Bonchev–Trinajstić information content (AvgIpc) is 3.33. The third-order valence-electron chi connectivity index (χ3n) is 6.47. The number of hydrogen-bond donors (Lipinski definition) is 3. The summed E-state index contributed by atoms with van der Waals surface area (Å²) in [7, 11) is 0. The zero-order valence-electron chi connectivity index (χ0n) is 21.3. The monoisotopic (exact) mass is 587 g/mol. The van der Waals surface area contributed by atoms with E-state index >= 15 is 0 Å². The molecule has 0 unspecified atom stereocenters. The SMILES string of the molecule is O=C(NCCc1ccccn1)[C@H]1C[C@@H]2CCN(C3CCOCC3)C[C@@H]2O1.O=C(O)C(F)(F)F.O=C(O)C(F)(F)F. The van der Waals surface area contributed by atoms with Crippen LogP contribution >= 0.6 is 0 Å². The lowest BCUT2D eigenvalue weighted by molar-refractivity contribution is -0.193. The van der Waals surface area contributed by atoms with Gasteiger partial charge in [0.25, 0.3) is 0 Å². The quantitative estimate of drug-likeness (QED) is 0.444. The van der Waals surface area contributed by atoms with Gasteiger partial charge in [-0.1, -0.05) is 6.07 Å². The molecule has 3 saturated heterocycles. The molecule has 0 bridgehead atoms. The minimum atomic E-state index is -5.08. The van der Waals surface area contributed by atoms with Gasteiger partial charge in [0, 0.05) is 50.7 Å². The van der Waals surface area contributed by atoms with Crippen molar-refractivity contribution >= 4 is 17.8 Å². The third-order valence-corrected chi connectivity index (χ3v) is 6.47. The molecule has 226 valence electrons. The molecule has 0 saturated carbocycles. The van der Waals surface area contributed by atoms with Crippen molar-refractivity contribution < 1.29 is 60.4 Å². The molecule has 10 nitrogen and oxygen atoms in total. The van der Waals surface area contributed by atoms with Gasteiger partial charge in [0.1, 0.15) is 6.10 Å². The van der Waals surface area contributed by atoms with Crippen LogP contribution in [0.1, 0.15) is 31.4 Å². The number of fused-ring (bicyclic) bond motifs is 1. The predicted octanol–water partition coefficient (Wildman–Crippen LogP) is 2.67. The van der Waals surface area contributed by atoms with Crippen LogP contribution in [0.15, 0.2) is 24.4 Å². The van der Waals surface area contributed by atoms with Gasteiger partial charge >= 0.3 is 24.3 Å². The molecule has 40 heavy (non-hydrogen) atoms. The van der Waals surface area contributed by atoms with E-state index in [-0.39, 0.29) is 18.1 Å². The Bertz CT molecular complexity index is 935. The fraction of sp³-hybridized carbons (Fsp3) is 0.667. The Labute approximate surface area is 225 Å². The summed E-state index contributed by atoms with van der Waals surface area (Å²) in [6.45, 7) is 4.45. The van der Waals surface area contributed by atoms with Crippen LogP contribution in [0.3, 0.4) is 0 Å². The number of nitrogens with one attached hydrogen (secondary N) is 1. The first-order valence-electron chi connectivity index (χ1n) is 12.4. The summed E-state index contributed by atoms with van der Waals surface area (Å²) in [5.74, 6) is -4.95. The number of ether oxygens (including phenoxy) is 2. The number of piperidine rings is 1. The molecule has 3 atom stereocenters. The number of aliphatic carboxylic acids is 2. The van der Waals surface area contributed by atoms with Crippen molar-refractivity contribution in [2.45, 2.75) is 62.7 Å². The van der Waals surface area contributed by atoms with Crippen LogP contribution in [0.5, 0.6) is 0 Å². The van der Waals surface area contributed by atoms with Crippen LogP contribution in [-0.2, 0) is 30.3 Å². The summed E-state index contributed by atoms with van der Waals surface area (Å²) in [6, 6.07) is 6.48. The number of aromatic nitrogens is 1. The molecule has 1 amide bonds. The van der Waals surface area contributed by atoms with E-state index in [1.165, 1.54) is 0 Å². The highest BCUT2D eigenvalue weighted by molar-refractivity contribution is 5.81. The summed E-state index contributed by atoms with van der Waals surface area (Å²) >= 11 is 0. The highest BCUT2D eigenvalue weighted by Gasteiger charge is 2.43. The summed E-state index contributed by atoms with van der Waals surface area (Å²) in [5.41, 5.74) is 1.00. The van der Waals surface area contributed by atoms with Crippen molar-refractivity contribution in [3.63, 3.8) is 0 Å². The second kappa shape index (κ2) is 15.1. The summed E-state index contributed by atoms with van der Waals surface area (Å²) in [6.07, 6.45) is -3.47. The number of carbonyl (C=O) groups excluding carboxylic acids is 1. The number of carboxylic acids is 2. The topological polar surface area (TPSA) is 138 Å². The largest absolute Gasteiger partial charge is 0.490 e. The maximum Gasteiger partial charge on any atom is 0.490 e. The second-order valence-electron chi connectivity index (χ2n) is 9.25. The maximum atomic E-state index is 12.5. The van der Waals surface area contributed by atoms with Crippen molar-refractivity contribution in [1.82, 2.24) is 15.2 Å². The van der Waals surface area contributed by atoms with Gasteiger partial charge in [-0.3, -0.25) is 14.7 Å². The van der Waals surface area contributed by atoms with E-state index in [4.69, 9.17) is 29.3 Å². The van der Waals surface area contributed by atoms with Crippen LogP contribution in [0.25, 0.3) is 0 Å². The Balaban J connectivity index is 0.000000333. The van der Waals surface area contributed by atoms with Gasteiger partial charge in [-0.15, -0.1) is 0 Å². The fourth-order valence-electron chi connectivity index (χ4n) is 4.48. The number of carbonyl (C=O) groups is 3. The Morgan fingerprint density at radius 3 is 2.12 bits per heavy atom. The molecule has 4 rings (SSSR count). The molecule has 16 heteroatoms. The zero-order chi connectivity index (χ0) is 29.9. The Kier molecular flexibility index (Phi) is 12.6. The molecule has 1 aromatic rings. The lowest BCUT2D eigenvalue weighted by Crippen LogP contribution is -2.49. The standard InChI is InChI=1S/C20H29N3O3.2C2HF3O2/c24-20(22-9-4-16-3-1-2-8-21-16)18-13-15-5-10-23(14-19(15)26-18)17-6-11-25-12-7-17;2*3-2(4,5)1(6)7/h1-3,8,15,17-19H,4-7,9-14H2,(H,22,24);2*(H,6,7)/t15-,18+,19-;;/m0../s1. The fourth-order valence-corrected chi connectivity index (χ4v) is 4.48. The zero-order valence-corrected chi connectivity index (χ0v) is 21.3. The Hall–Kier alpha value is -2.98. The van der Waals surface area contributed by atoms with E-state index < -0.39 is 24.3 Å². The smallest absolute Gasteiger partial charge is 0.475 e. The van der Waals surface area contributed by atoms with E-state index in [0.29, 0.717) is 18.5 Å². The first kappa shape index (κ1) is 33.2. The maximum absolute atomic E-state index is 12.5. The first-order valence-corrected chi connectivity index (χ1v) is 12.4. The Morgan fingerprint density at radius 1 is 1.00 bits per heavy atom. The normalized spacial score (nSPS) is 23.5. The molecular weight excluding hydrogens is 556 g/mol. The number of hydrogen-bond acceptors (Lipinski definition) is 7. The second-order valence-corrected chi connectivity index (χ2v) is 9.25. The molecule has 3 N–H and O–H groups in total. The van der Waals surface area contributed by atoms with Crippen LogP contribution in [0.4, 0.5) is 26.3 Å². The van der Waals surface area contributed by atoms with E-state index in [2.05, 4.69) is 15.2 Å². The number of halogens is 6. The van der Waals surface area contributed by atoms with Gasteiger partial charge in [-0.2, -0.15) is 26.3 Å². The van der Waals surface area contributed by atoms with Gasteiger partial charge in [0.15, 0.2) is 0 Å². The van der Waals surface area contributed by atoms with Crippen molar-refractivity contribution in [2.75, 3.05) is 32.8 Å². The number of amides is 1. The molecule has 0 spiro atoms. The van der Waals surface area contributed by atoms with Crippen molar-refractivity contribution in [3.8, 4) is 0 Å². The van der Waals surface area contributed by atoms with Crippen LogP contribution in [0.2, 0.25) is 0 Å². The molecule has 0 aromatic carbocycles. The number of likely N-dealkylation sites (tertiary alicyclic amines) is 1. The minimum absolute atomic E-state index is 0.0351. The molecule has 1 aromatic heterocycles. The summed E-state index contributed by atoms with van der Waals surface area (Å²) < 4.78 is 75.1. The van der Waals surface area contributed by atoms with Crippen molar-refractivity contribution in [3.05, 3.63) is 30.1 Å². The molecular formula is C24H31F6N3O7. The van der Waals surface area contributed by atoms with E-state index in [1.54, 1.807) is 6.20 Å². The lowest BCUT2D eigenvalue weighted by Gasteiger charge is -2.40. The molecule has 0 radical (unpaired) electrons. The number of alkyl halides is 6. The first-order chi connectivity index (χ1) is 18.7. The van der Waals surface area contributed by atoms with Crippen LogP contribution in [-0.4, -0.2) is 101 Å². The summed E-state index contributed by atoms with van der Waals surface area (Å²) in [5, 5.41) is 17.3. The molecule has 4 heterocycles. The molecule has 3 aliphatic rings. The van der Waals surface area contributed by atoms with Crippen LogP contribution in [0, 0.1) is 5.92 Å². The number of nitrogens with zero attached hydrogens (tertiary/aromatic N) is 2. The van der Waals surface area contributed by atoms with E-state index in [0.717, 1.165) is 64.1 Å². The van der Waals surface area contributed by atoms with Crippen molar-refractivity contribution in [2.24, 2.45) is 5.92 Å². The third kappa shape index (κ3) is 11.3. The number of pyridine rings is 1. The Morgan fingerprint density at radius 2 is 1.60 bits per heavy atom. The lowest BCUT2D eigenvalue weighted by atomic mass is 9.90. The van der Waals surface area contributed by atoms with Gasteiger partial charge < -0.3 is 25.0 Å². The summed E-state index contributed by atoms with van der Waals surface area (Å²) in [4.78, 5) is 37.1. The van der Waals surface area contributed by atoms with E-state index in [1.807, 2.05) is 18.2 Å². The van der Waals surface area contributed by atoms with E-state index in [9.17, 15) is 31.1 Å². The van der Waals surface area contributed by atoms with Gasteiger partial charge in [0.05, 0.1) is 6.10 Å². The molecule has 3 fully saturated rings. The van der Waals surface area contributed by atoms with Crippen LogP contribution < -0.4 is 5.32 Å². The van der Waals surface area contributed by atoms with Gasteiger partial charge in [-0.25, -0.2) is 9.59 Å². The van der Waals surface area contributed by atoms with Gasteiger partial charge in [0.2, 0.25) is 5.91 Å². The average molecular weight is 588 g/mol. The van der Waals surface area contributed by atoms with Crippen molar-refractivity contribution in [1.29, 1.82) is 0 Å². The highest BCUT2D eigenvalue weighted by atomic mass is 19.4. The molecule has 3 aliphatic heterocycles. The predicted molar refractivity (Wildman–Crippen MR) is 125 cm³/mol. The number of carboxylic acid groups (broad SMARTS) is 2.